The first-order chi connectivity index (χ1) is 13.9. The number of aromatic nitrogens is 1. The van der Waals surface area contributed by atoms with E-state index in [0.717, 1.165) is 14.6 Å². The van der Waals surface area contributed by atoms with Crippen molar-refractivity contribution >= 4 is 49.0 Å². The SMILES string of the molecule is COc1ccc(S(=O)(=O)Nc2ccc(O)c(Sc3nc4ccccc4s3)c2)cc1. The number of para-hydroxylation sites is 1. The molecule has 0 fully saturated rings. The van der Waals surface area contributed by atoms with Crippen LogP contribution in [-0.2, 0) is 10.0 Å². The van der Waals surface area contributed by atoms with Gasteiger partial charge in [-0.1, -0.05) is 23.9 Å². The smallest absolute Gasteiger partial charge is 0.261 e. The number of hydrogen-bond acceptors (Lipinski definition) is 7. The van der Waals surface area contributed by atoms with E-state index in [1.807, 2.05) is 24.3 Å². The molecule has 0 spiro atoms. The van der Waals surface area contributed by atoms with Crippen LogP contribution in [0.4, 0.5) is 5.69 Å². The molecule has 6 nitrogen and oxygen atoms in total. The van der Waals surface area contributed by atoms with Crippen LogP contribution < -0.4 is 9.46 Å². The summed E-state index contributed by atoms with van der Waals surface area (Å²) in [6, 6.07) is 18.4. The summed E-state index contributed by atoms with van der Waals surface area (Å²) in [4.78, 5) is 5.17. The number of nitrogens with one attached hydrogen (secondary N) is 1. The Morgan fingerprint density at radius 3 is 2.55 bits per heavy atom. The van der Waals surface area contributed by atoms with Crippen LogP contribution in [0.15, 0.2) is 80.9 Å². The fourth-order valence-corrected chi connectivity index (χ4v) is 5.76. The molecule has 0 amide bonds. The van der Waals surface area contributed by atoms with Crippen molar-refractivity contribution in [1.29, 1.82) is 0 Å². The Labute approximate surface area is 176 Å². The molecule has 0 aliphatic carbocycles. The van der Waals surface area contributed by atoms with Crippen molar-refractivity contribution in [2.75, 3.05) is 11.8 Å². The van der Waals surface area contributed by atoms with Gasteiger partial charge in [0.15, 0.2) is 4.34 Å². The number of methoxy groups -OCH3 is 1. The largest absolute Gasteiger partial charge is 0.507 e. The summed E-state index contributed by atoms with van der Waals surface area (Å²) in [6.45, 7) is 0. The molecule has 0 saturated heterocycles. The molecule has 0 aliphatic rings. The van der Waals surface area contributed by atoms with Crippen LogP contribution in [0.5, 0.6) is 11.5 Å². The highest BCUT2D eigenvalue weighted by Crippen LogP contribution is 2.39. The molecular weight excluding hydrogens is 428 g/mol. The molecule has 4 aromatic rings. The number of ether oxygens (including phenoxy) is 1. The van der Waals surface area contributed by atoms with Gasteiger partial charge in [0.2, 0.25) is 0 Å². The molecule has 1 aromatic heterocycles. The van der Waals surface area contributed by atoms with Gasteiger partial charge in [0.05, 0.1) is 32.8 Å². The predicted molar refractivity (Wildman–Crippen MR) is 116 cm³/mol. The van der Waals surface area contributed by atoms with E-state index in [0.29, 0.717) is 16.3 Å². The summed E-state index contributed by atoms with van der Waals surface area (Å²) >= 11 is 2.80. The summed E-state index contributed by atoms with van der Waals surface area (Å²) in [5.74, 6) is 0.629. The van der Waals surface area contributed by atoms with Gasteiger partial charge >= 0.3 is 0 Å². The minimum atomic E-state index is -3.77. The molecule has 4 rings (SSSR count). The van der Waals surface area contributed by atoms with Crippen LogP contribution in [0.1, 0.15) is 0 Å². The zero-order valence-electron chi connectivity index (χ0n) is 15.2. The summed E-state index contributed by atoms with van der Waals surface area (Å²) in [5, 5.41) is 10.2. The van der Waals surface area contributed by atoms with Crippen LogP contribution in [0, 0.1) is 0 Å². The van der Waals surface area contributed by atoms with Crippen LogP contribution in [-0.4, -0.2) is 25.6 Å². The molecule has 0 saturated carbocycles. The van der Waals surface area contributed by atoms with Crippen LogP contribution in [0.3, 0.4) is 0 Å². The molecule has 0 unspecified atom stereocenters. The van der Waals surface area contributed by atoms with Gasteiger partial charge in [0, 0.05) is 0 Å². The normalized spacial score (nSPS) is 11.5. The van der Waals surface area contributed by atoms with Crippen LogP contribution in [0.2, 0.25) is 0 Å². The average Bonchev–Trinajstić information content (AvgIpc) is 3.13. The number of benzene rings is 3. The van der Waals surface area contributed by atoms with E-state index in [-0.39, 0.29) is 10.6 Å². The standard InChI is InChI=1S/C20H16N2O4S3/c1-26-14-7-9-15(10-8-14)29(24,25)22-13-6-11-17(23)19(12-13)28-20-21-16-4-2-3-5-18(16)27-20/h2-12,22-23H,1H3. The number of phenols is 1. The maximum Gasteiger partial charge on any atom is 0.261 e. The zero-order valence-corrected chi connectivity index (χ0v) is 17.6. The maximum absolute atomic E-state index is 12.6. The second kappa shape index (κ2) is 7.94. The lowest BCUT2D eigenvalue weighted by Crippen LogP contribution is -2.12. The summed E-state index contributed by atoms with van der Waals surface area (Å²) < 4.78 is 34.7. The fraction of sp³-hybridized carbons (Fsp3) is 0.0500. The van der Waals surface area contributed by atoms with E-state index in [9.17, 15) is 13.5 Å². The lowest BCUT2D eigenvalue weighted by atomic mass is 10.3. The monoisotopic (exact) mass is 444 g/mol. The third kappa shape index (κ3) is 4.31. The molecule has 2 N–H and O–H groups in total. The number of fused-ring (bicyclic) bond motifs is 1. The van der Waals surface area contributed by atoms with Gasteiger partial charge in [-0.15, -0.1) is 11.3 Å². The summed E-state index contributed by atoms with van der Waals surface area (Å²) in [6.07, 6.45) is 0. The lowest BCUT2D eigenvalue weighted by molar-refractivity contribution is 0.414. The fourth-order valence-electron chi connectivity index (χ4n) is 2.62. The number of aromatic hydroxyl groups is 1. The topological polar surface area (TPSA) is 88.5 Å². The van der Waals surface area contributed by atoms with Crippen molar-refractivity contribution in [2.24, 2.45) is 0 Å². The Kier molecular flexibility index (Phi) is 5.35. The van der Waals surface area contributed by atoms with Crippen molar-refractivity contribution in [2.45, 2.75) is 14.1 Å². The second-order valence-corrected chi connectivity index (χ2v) is 10.0. The van der Waals surface area contributed by atoms with Gasteiger partial charge in [-0.25, -0.2) is 13.4 Å². The lowest BCUT2D eigenvalue weighted by Gasteiger charge is -2.10. The average molecular weight is 445 g/mol. The number of nitrogens with zero attached hydrogens (tertiary/aromatic N) is 1. The maximum atomic E-state index is 12.6. The molecule has 0 aliphatic heterocycles. The number of thiazole rings is 1. The summed E-state index contributed by atoms with van der Waals surface area (Å²) in [5.41, 5.74) is 1.23. The Bertz CT molecular complexity index is 1240. The first-order valence-corrected chi connectivity index (χ1v) is 11.6. The van der Waals surface area contributed by atoms with E-state index < -0.39 is 10.0 Å². The van der Waals surface area contributed by atoms with Gasteiger partial charge < -0.3 is 9.84 Å². The second-order valence-electron chi connectivity index (χ2n) is 6.01. The summed E-state index contributed by atoms with van der Waals surface area (Å²) in [7, 11) is -2.25. The highest BCUT2D eigenvalue weighted by atomic mass is 32.2. The van der Waals surface area contributed by atoms with E-state index in [4.69, 9.17) is 4.74 Å². The van der Waals surface area contributed by atoms with Gasteiger partial charge in [0.1, 0.15) is 11.5 Å². The minimum absolute atomic E-state index is 0.0571. The van der Waals surface area contributed by atoms with Crippen LogP contribution >= 0.6 is 23.1 Å². The Hall–Kier alpha value is -2.75. The molecule has 9 heteroatoms. The van der Waals surface area contributed by atoms with Crippen molar-refractivity contribution in [3.63, 3.8) is 0 Å². The molecule has 0 atom stereocenters. The highest BCUT2D eigenvalue weighted by molar-refractivity contribution is 8.01. The third-order valence-electron chi connectivity index (χ3n) is 4.05. The van der Waals surface area contributed by atoms with E-state index in [1.54, 1.807) is 18.2 Å². The first kappa shape index (κ1) is 19.6. The van der Waals surface area contributed by atoms with Gasteiger partial charge in [-0.05, 0) is 54.6 Å². The van der Waals surface area contributed by atoms with E-state index in [1.165, 1.54) is 54.5 Å². The highest BCUT2D eigenvalue weighted by Gasteiger charge is 2.16. The number of rotatable bonds is 6. The molecule has 148 valence electrons. The quantitative estimate of drug-likeness (QED) is 0.409. The van der Waals surface area contributed by atoms with E-state index >= 15 is 0 Å². The van der Waals surface area contributed by atoms with E-state index in [2.05, 4.69) is 9.71 Å². The molecule has 0 bridgehead atoms. The number of hydrogen-bond donors (Lipinski definition) is 2. The van der Waals surface area contributed by atoms with Crippen molar-refractivity contribution in [3.05, 3.63) is 66.7 Å². The van der Waals surface area contributed by atoms with Crippen LogP contribution in [0.25, 0.3) is 10.2 Å². The molecule has 3 aromatic carbocycles. The molecule has 0 radical (unpaired) electrons. The van der Waals surface area contributed by atoms with Gasteiger partial charge in [-0.2, -0.15) is 0 Å². The molecule has 1 heterocycles. The molecular formula is C20H16N2O4S3. The number of phenolic OH excluding ortho intramolecular Hbond substituents is 1. The van der Waals surface area contributed by atoms with Crippen molar-refractivity contribution in [3.8, 4) is 11.5 Å². The minimum Gasteiger partial charge on any atom is -0.507 e. The predicted octanol–water partition coefficient (Wildman–Crippen LogP) is 4.96. The number of sulfonamides is 1. The van der Waals surface area contributed by atoms with Gasteiger partial charge in [-0.3, -0.25) is 4.72 Å². The Morgan fingerprint density at radius 2 is 1.83 bits per heavy atom. The number of anilines is 1. The third-order valence-corrected chi connectivity index (χ3v) is 7.59. The molecule has 29 heavy (non-hydrogen) atoms. The Morgan fingerprint density at radius 1 is 1.07 bits per heavy atom. The van der Waals surface area contributed by atoms with Crippen molar-refractivity contribution < 1.29 is 18.3 Å². The Balaban J connectivity index is 1.58. The van der Waals surface area contributed by atoms with Gasteiger partial charge in [0.25, 0.3) is 10.0 Å². The van der Waals surface area contributed by atoms with Crippen molar-refractivity contribution in [1.82, 2.24) is 4.98 Å². The zero-order chi connectivity index (χ0) is 20.4. The first-order valence-electron chi connectivity index (χ1n) is 8.48.